The standard InChI is InChI=1S/C14H15BrN2O3S/c15-13-6-7-14(20-13)21(18,19)17-8-11(12(16)9-17)10-4-2-1-3-5-10/h1-7,11-12H,8-9,16H2/t11-,12+/m0/s1. The van der Waals surface area contributed by atoms with Crippen LogP contribution in [0.1, 0.15) is 11.5 Å². The van der Waals surface area contributed by atoms with E-state index in [1.54, 1.807) is 6.07 Å². The predicted molar refractivity (Wildman–Crippen MR) is 82.3 cm³/mol. The van der Waals surface area contributed by atoms with Crippen molar-refractivity contribution in [2.45, 2.75) is 17.1 Å². The number of sulfonamides is 1. The summed E-state index contributed by atoms with van der Waals surface area (Å²) in [4.78, 5) is 0. The fourth-order valence-corrected chi connectivity index (χ4v) is 4.43. The van der Waals surface area contributed by atoms with E-state index in [1.807, 2.05) is 30.3 Å². The third kappa shape index (κ3) is 2.78. The molecule has 0 aliphatic carbocycles. The lowest BCUT2D eigenvalue weighted by molar-refractivity contribution is 0.398. The molecule has 2 N–H and O–H groups in total. The second kappa shape index (κ2) is 5.57. The minimum Gasteiger partial charge on any atom is -0.437 e. The van der Waals surface area contributed by atoms with E-state index in [2.05, 4.69) is 15.9 Å². The zero-order valence-electron chi connectivity index (χ0n) is 11.1. The van der Waals surface area contributed by atoms with Crippen molar-refractivity contribution in [3.05, 3.63) is 52.7 Å². The highest BCUT2D eigenvalue weighted by atomic mass is 79.9. The molecule has 0 saturated carbocycles. The molecule has 5 nitrogen and oxygen atoms in total. The molecule has 0 radical (unpaired) electrons. The lowest BCUT2D eigenvalue weighted by Gasteiger charge is -2.15. The summed E-state index contributed by atoms with van der Waals surface area (Å²) in [6.45, 7) is 0.659. The van der Waals surface area contributed by atoms with Crippen LogP contribution in [0.5, 0.6) is 0 Å². The summed E-state index contributed by atoms with van der Waals surface area (Å²) in [5.74, 6) is -0.000576. The van der Waals surface area contributed by atoms with Crippen molar-refractivity contribution < 1.29 is 12.8 Å². The van der Waals surface area contributed by atoms with E-state index in [0.717, 1.165) is 5.56 Å². The van der Waals surface area contributed by atoms with E-state index in [-0.39, 0.29) is 17.1 Å². The maximum atomic E-state index is 12.5. The van der Waals surface area contributed by atoms with Crippen LogP contribution in [0.15, 0.2) is 56.6 Å². The Bertz CT molecular complexity index is 730. The van der Waals surface area contributed by atoms with Crippen LogP contribution < -0.4 is 5.73 Å². The van der Waals surface area contributed by atoms with E-state index in [0.29, 0.717) is 17.8 Å². The molecule has 2 aromatic rings. The van der Waals surface area contributed by atoms with Crippen LogP contribution >= 0.6 is 15.9 Å². The Kier molecular flexibility index (Phi) is 3.92. The molecule has 1 aliphatic rings. The SMILES string of the molecule is N[C@@H]1CN(S(=O)(=O)c2ccc(Br)o2)C[C@H]1c1ccccc1. The van der Waals surface area contributed by atoms with Gasteiger partial charge in [-0.25, -0.2) is 8.42 Å². The van der Waals surface area contributed by atoms with Crippen LogP contribution in [0.2, 0.25) is 0 Å². The lowest BCUT2D eigenvalue weighted by Crippen LogP contribution is -2.32. The van der Waals surface area contributed by atoms with Gasteiger partial charge in [-0.1, -0.05) is 30.3 Å². The molecule has 7 heteroatoms. The number of nitrogens with zero attached hydrogens (tertiary/aromatic N) is 1. The molecule has 0 amide bonds. The van der Waals surface area contributed by atoms with Gasteiger partial charge in [0.25, 0.3) is 10.0 Å². The normalized spacial score (nSPS) is 23.5. The Morgan fingerprint density at radius 1 is 1.14 bits per heavy atom. The largest absolute Gasteiger partial charge is 0.437 e. The first-order valence-corrected chi connectivity index (χ1v) is 8.78. The highest BCUT2D eigenvalue weighted by Crippen LogP contribution is 2.31. The molecule has 1 fully saturated rings. The first kappa shape index (κ1) is 14.8. The first-order chi connectivity index (χ1) is 9.98. The van der Waals surface area contributed by atoms with E-state index in [4.69, 9.17) is 10.2 Å². The number of benzene rings is 1. The number of hydrogen-bond acceptors (Lipinski definition) is 4. The molecule has 1 aliphatic heterocycles. The van der Waals surface area contributed by atoms with E-state index < -0.39 is 10.0 Å². The number of halogens is 1. The average Bonchev–Trinajstić information content (AvgIpc) is 3.07. The number of nitrogens with two attached hydrogens (primary N) is 1. The molecule has 0 unspecified atom stereocenters. The van der Waals surface area contributed by atoms with Gasteiger partial charge in [0.05, 0.1) is 0 Å². The molecule has 0 spiro atoms. The Labute approximate surface area is 131 Å². The average molecular weight is 371 g/mol. The number of hydrogen-bond donors (Lipinski definition) is 1. The van der Waals surface area contributed by atoms with Crippen LogP contribution in [0.4, 0.5) is 0 Å². The first-order valence-electron chi connectivity index (χ1n) is 6.54. The Hall–Kier alpha value is -1.15. The summed E-state index contributed by atoms with van der Waals surface area (Å²) < 4.78 is 32.0. The molecule has 112 valence electrons. The van der Waals surface area contributed by atoms with Crippen molar-refractivity contribution in [3.63, 3.8) is 0 Å². The summed E-state index contributed by atoms with van der Waals surface area (Å²) in [5, 5.41) is -0.0599. The minimum atomic E-state index is -3.64. The fraction of sp³-hybridized carbons (Fsp3) is 0.286. The fourth-order valence-electron chi connectivity index (χ4n) is 2.60. The van der Waals surface area contributed by atoms with Gasteiger partial charge in [0.15, 0.2) is 4.67 Å². The predicted octanol–water partition coefficient (Wildman–Crippen LogP) is 2.16. The molecule has 1 aromatic heterocycles. The van der Waals surface area contributed by atoms with Gasteiger partial charge < -0.3 is 10.2 Å². The topological polar surface area (TPSA) is 76.5 Å². The van der Waals surface area contributed by atoms with Crippen molar-refractivity contribution in [3.8, 4) is 0 Å². The van der Waals surface area contributed by atoms with Crippen molar-refractivity contribution in [1.82, 2.24) is 4.31 Å². The minimum absolute atomic E-state index is 0.000576. The molecule has 0 bridgehead atoms. The third-order valence-electron chi connectivity index (χ3n) is 3.70. The van der Waals surface area contributed by atoms with Crippen LogP contribution in [0.25, 0.3) is 0 Å². The highest BCUT2D eigenvalue weighted by Gasteiger charge is 2.39. The smallest absolute Gasteiger partial charge is 0.276 e. The summed E-state index contributed by atoms with van der Waals surface area (Å²) >= 11 is 3.12. The van der Waals surface area contributed by atoms with Gasteiger partial charge in [-0.2, -0.15) is 4.31 Å². The maximum absolute atomic E-state index is 12.5. The van der Waals surface area contributed by atoms with Crippen molar-refractivity contribution in [1.29, 1.82) is 0 Å². The monoisotopic (exact) mass is 370 g/mol. The zero-order chi connectivity index (χ0) is 15.0. The molecule has 2 heterocycles. The third-order valence-corrected chi connectivity index (χ3v) is 5.83. The van der Waals surface area contributed by atoms with Crippen LogP contribution in [0, 0.1) is 0 Å². The van der Waals surface area contributed by atoms with Crippen LogP contribution in [-0.2, 0) is 10.0 Å². The Morgan fingerprint density at radius 2 is 1.86 bits per heavy atom. The maximum Gasteiger partial charge on any atom is 0.276 e. The van der Waals surface area contributed by atoms with Gasteiger partial charge in [-0.05, 0) is 33.6 Å². The van der Waals surface area contributed by atoms with Crippen LogP contribution in [0.3, 0.4) is 0 Å². The van der Waals surface area contributed by atoms with E-state index in [9.17, 15) is 8.42 Å². The van der Waals surface area contributed by atoms with Gasteiger partial charge in [-0.3, -0.25) is 0 Å². The van der Waals surface area contributed by atoms with E-state index in [1.165, 1.54) is 10.4 Å². The zero-order valence-corrected chi connectivity index (χ0v) is 13.5. The van der Waals surface area contributed by atoms with Crippen molar-refractivity contribution >= 4 is 26.0 Å². The van der Waals surface area contributed by atoms with Gasteiger partial charge in [0.2, 0.25) is 5.09 Å². The van der Waals surface area contributed by atoms with E-state index >= 15 is 0 Å². The van der Waals surface area contributed by atoms with Gasteiger partial charge in [-0.15, -0.1) is 0 Å². The summed E-state index contributed by atoms with van der Waals surface area (Å²) in [6.07, 6.45) is 0. The van der Waals surface area contributed by atoms with Crippen molar-refractivity contribution in [2.75, 3.05) is 13.1 Å². The van der Waals surface area contributed by atoms with Gasteiger partial charge >= 0.3 is 0 Å². The summed E-state index contributed by atoms with van der Waals surface area (Å²) in [7, 11) is -3.64. The second-order valence-electron chi connectivity index (χ2n) is 5.06. The molecular weight excluding hydrogens is 356 g/mol. The molecule has 3 rings (SSSR count). The Balaban J connectivity index is 1.86. The second-order valence-corrected chi connectivity index (χ2v) is 7.71. The van der Waals surface area contributed by atoms with Crippen LogP contribution in [-0.4, -0.2) is 31.9 Å². The summed E-state index contributed by atoms with van der Waals surface area (Å²) in [5.41, 5.74) is 7.19. The molecule has 1 saturated heterocycles. The molecular formula is C14H15BrN2O3S. The number of rotatable bonds is 3. The number of furan rings is 1. The summed E-state index contributed by atoms with van der Waals surface area (Å²) in [6, 6.07) is 12.5. The molecule has 21 heavy (non-hydrogen) atoms. The molecule has 1 aromatic carbocycles. The molecule has 2 atom stereocenters. The van der Waals surface area contributed by atoms with Gasteiger partial charge in [0, 0.05) is 25.0 Å². The van der Waals surface area contributed by atoms with Gasteiger partial charge in [0.1, 0.15) is 0 Å². The lowest BCUT2D eigenvalue weighted by atomic mass is 9.95. The van der Waals surface area contributed by atoms with Crippen molar-refractivity contribution in [2.24, 2.45) is 5.73 Å². The highest BCUT2D eigenvalue weighted by molar-refractivity contribution is 9.10. The quantitative estimate of drug-likeness (QED) is 0.897. The Morgan fingerprint density at radius 3 is 2.48 bits per heavy atom.